The summed E-state index contributed by atoms with van der Waals surface area (Å²) in [5.41, 5.74) is 0. The van der Waals surface area contributed by atoms with Gasteiger partial charge in [-0.2, -0.15) is 0 Å². The molecule has 0 unspecified atom stereocenters. The summed E-state index contributed by atoms with van der Waals surface area (Å²) < 4.78 is 15.5. The maximum Gasteiger partial charge on any atom is 0.164 e. The molecular formula is C11H16O4. The second-order valence-electron chi connectivity index (χ2n) is 2.88. The Balaban J connectivity index is 2.47. The van der Waals surface area contributed by atoms with Gasteiger partial charge >= 0.3 is 0 Å². The summed E-state index contributed by atoms with van der Waals surface area (Å²) in [5.74, 6) is 1.17. The van der Waals surface area contributed by atoms with Gasteiger partial charge in [0.1, 0.15) is 12.4 Å². The third kappa shape index (κ3) is 3.67. The first-order chi connectivity index (χ1) is 7.27. The van der Waals surface area contributed by atoms with Crippen LogP contribution < -0.4 is 9.47 Å². The van der Waals surface area contributed by atoms with E-state index in [2.05, 4.69) is 0 Å². The molecule has 15 heavy (non-hydrogen) atoms. The average Bonchev–Trinajstić information content (AvgIpc) is 2.26. The molecule has 0 aromatic heterocycles. The van der Waals surface area contributed by atoms with E-state index in [1.807, 2.05) is 6.92 Å². The van der Waals surface area contributed by atoms with Gasteiger partial charge in [0.15, 0.2) is 11.5 Å². The number of ether oxygens (including phenoxy) is 3. The van der Waals surface area contributed by atoms with Gasteiger partial charge in [-0.3, -0.25) is 0 Å². The lowest BCUT2D eigenvalue weighted by Gasteiger charge is -2.08. The Bertz CT molecular complexity index is 299. The second kappa shape index (κ2) is 6.14. The second-order valence-corrected chi connectivity index (χ2v) is 2.88. The zero-order valence-corrected chi connectivity index (χ0v) is 9.03. The van der Waals surface area contributed by atoms with E-state index in [-0.39, 0.29) is 5.75 Å². The molecule has 0 aliphatic carbocycles. The van der Waals surface area contributed by atoms with Crippen molar-refractivity contribution in [2.75, 3.05) is 26.9 Å². The lowest BCUT2D eigenvalue weighted by Crippen LogP contribution is -2.06. The van der Waals surface area contributed by atoms with Gasteiger partial charge in [0.05, 0.1) is 13.7 Å². The predicted molar refractivity (Wildman–Crippen MR) is 56.6 cm³/mol. The quantitative estimate of drug-likeness (QED) is 0.731. The fourth-order valence-electron chi connectivity index (χ4n) is 1.11. The molecule has 1 N–H and O–H groups in total. The van der Waals surface area contributed by atoms with Crippen LogP contribution in [0.5, 0.6) is 17.2 Å². The molecule has 84 valence electrons. The number of benzene rings is 1. The number of phenols is 1. The average molecular weight is 212 g/mol. The summed E-state index contributed by atoms with van der Waals surface area (Å²) in [6.45, 7) is 3.66. The maximum atomic E-state index is 9.34. The van der Waals surface area contributed by atoms with Crippen LogP contribution in [0.25, 0.3) is 0 Å². The normalized spacial score (nSPS) is 10.0. The van der Waals surface area contributed by atoms with E-state index in [9.17, 15) is 5.11 Å². The van der Waals surface area contributed by atoms with Crippen LogP contribution in [0.4, 0.5) is 0 Å². The van der Waals surface area contributed by atoms with Crippen LogP contribution >= 0.6 is 0 Å². The highest BCUT2D eigenvalue weighted by atomic mass is 16.5. The largest absolute Gasteiger partial charge is 0.504 e. The number of aromatic hydroxyl groups is 1. The van der Waals surface area contributed by atoms with Gasteiger partial charge in [-0.15, -0.1) is 0 Å². The van der Waals surface area contributed by atoms with Crippen LogP contribution in [0.1, 0.15) is 6.92 Å². The van der Waals surface area contributed by atoms with Crippen molar-refractivity contribution in [3.8, 4) is 17.2 Å². The van der Waals surface area contributed by atoms with Crippen molar-refractivity contribution in [1.29, 1.82) is 0 Å². The van der Waals surface area contributed by atoms with Crippen LogP contribution in [0.3, 0.4) is 0 Å². The molecule has 0 aliphatic rings. The summed E-state index contributed by atoms with van der Waals surface area (Å²) in [6.07, 6.45) is 0. The van der Waals surface area contributed by atoms with Crippen molar-refractivity contribution in [3.63, 3.8) is 0 Å². The number of hydrogen-bond acceptors (Lipinski definition) is 4. The van der Waals surface area contributed by atoms with Crippen molar-refractivity contribution in [1.82, 2.24) is 0 Å². The highest BCUT2D eigenvalue weighted by Gasteiger charge is 2.02. The lowest BCUT2D eigenvalue weighted by molar-refractivity contribution is 0.110. The van der Waals surface area contributed by atoms with Gasteiger partial charge in [0, 0.05) is 12.7 Å². The molecular weight excluding hydrogens is 196 g/mol. The number of hydrogen-bond donors (Lipinski definition) is 1. The monoisotopic (exact) mass is 212 g/mol. The fraction of sp³-hybridized carbons (Fsp3) is 0.455. The van der Waals surface area contributed by atoms with Gasteiger partial charge in [-0.05, 0) is 19.1 Å². The maximum absolute atomic E-state index is 9.34. The smallest absolute Gasteiger partial charge is 0.164 e. The van der Waals surface area contributed by atoms with E-state index in [0.717, 1.165) is 0 Å². The standard InChI is InChI=1S/C11H16O4/c1-3-14-6-7-15-9-4-5-10(12)11(8-9)13-2/h4-5,8,12H,3,6-7H2,1-2H3. The zero-order chi connectivity index (χ0) is 11.1. The molecule has 0 radical (unpaired) electrons. The minimum absolute atomic E-state index is 0.106. The molecule has 4 nitrogen and oxygen atoms in total. The Hall–Kier alpha value is -1.42. The number of rotatable bonds is 6. The van der Waals surface area contributed by atoms with Crippen LogP contribution in [-0.4, -0.2) is 32.0 Å². The molecule has 4 heteroatoms. The Morgan fingerprint density at radius 3 is 2.73 bits per heavy atom. The third-order valence-electron chi connectivity index (χ3n) is 1.85. The number of phenolic OH excluding ortho intramolecular Hbond substituents is 1. The van der Waals surface area contributed by atoms with E-state index < -0.39 is 0 Å². The fourth-order valence-corrected chi connectivity index (χ4v) is 1.11. The van der Waals surface area contributed by atoms with E-state index in [1.54, 1.807) is 12.1 Å². The van der Waals surface area contributed by atoms with E-state index >= 15 is 0 Å². The highest BCUT2D eigenvalue weighted by molar-refractivity contribution is 5.44. The highest BCUT2D eigenvalue weighted by Crippen LogP contribution is 2.29. The molecule has 0 saturated carbocycles. The summed E-state index contributed by atoms with van der Waals surface area (Å²) in [6, 6.07) is 4.86. The predicted octanol–water partition coefficient (Wildman–Crippen LogP) is 1.82. The van der Waals surface area contributed by atoms with Gasteiger partial charge in [0.25, 0.3) is 0 Å². The molecule has 0 fully saturated rings. The summed E-state index contributed by atoms with van der Waals surface area (Å²) in [7, 11) is 1.50. The third-order valence-corrected chi connectivity index (χ3v) is 1.85. The number of methoxy groups -OCH3 is 1. The van der Waals surface area contributed by atoms with Gasteiger partial charge in [-0.25, -0.2) is 0 Å². The molecule has 0 spiro atoms. The van der Waals surface area contributed by atoms with Crippen LogP contribution in [0.15, 0.2) is 18.2 Å². The molecule has 1 aromatic rings. The van der Waals surface area contributed by atoms with Crippen molar-refractivity contribution < 1.29 is 19.3 Å². The van der Waals surface area contributed by atoms with Crippen molar-refractivity contribution in [2.24, 2.45) is 0 Å². The summed E-state index contributed by atoms with van der Waals surface area (Å²) in [4.78, 5) is 0. The van der Waals surface area contributed by atoms with Crippen LogP contribution in [0.2, 0.25) is 0 Å². The van der Waals surface area contributed by atoms with Crippen LogP contribution in [-0.2, 0) is 4.74 Å². The Kier molecular flexibility index (Phi) is 4.77. The molecule has 0 amide bonds. The van der Waals surface area contributed by atoms with Crippen molar-refractivity contribution in [3.05, 3.63) is 18.2 Å². The first kappa shape index (κ1) is 11.7. The topological polar surface area (TPSA) is 47.9 Å². The van der Waals surface area contributed by atoms with E-state index in [1.165, 1.54) is 13.2 Å². The first-order valence-corrected chi connectivity index (χ1v) is 4.85. The Morgan fingerprint density at radius 2 is 2.07 bits per heavy atom. The van der Waals surface area contributed by atoms with Crippen molar-refractivity contribution >= 4 is 0 Å². The molecule has 0 saturated heterocycles. The molecule has 0 bridgehead atoms. The van der Waals surface area contributed by atoms with Gasteiger partial charge in [-0.1, -0.05) is 0 Å². The Morgan fingerprint density at radius 1 is 1.27 bits per heavy atom. The van der Waals surface area contributed by atoms with Gasteiger partial charge in [0.2, 0.25) is 0 Å². The van der Waals surface area contributed by atoms with Gasteiger partial charge < -0.3 is 19.3 Å². The SMILES string of the molecule is CCOCCOc1ccc(O)c(OC)c1. The summed E-state index contributed by atoms with van der Waals surface area (Å²) in [5, 5.41) is 9.34. The minimum Gasteiger partial charge on any atom is -0.504 e. The van der Waals surface area contributed by atoms with Crippen LogP contribution in [0, 0.1) is 0 Å². The first-order valence-electron chi connectivity index (χ1n) is 4.85. The Labute approximate surface area is 89.4 Å². The van der Waals surface area contributed by atoms with Crippen molar-refractivity contribution in [2.45, 2.75) is 6.92 Å². The molecule has 1 rings (SSSR count). The molecule has 0 aliphatic heterocycles. The summed E-state index contributed by atoms with van der Waals surface area (Å²) >= 11 is 0. The lowest BCUT2D eigenvalue weighted by atomic mass is 10.3. The molecule has 0 atom stereocenters. The van der Waals surface area contributed by atoms with E-state index in [4.69, 9.17) is 14.2 Å². The minimum atomic E-state index is 0.106. The molecule has 0 heterocycles. The molecule has 1 aromatic carbocycles. The zero-order valence-electron chi connectivity index (χ0n) is 9.03. The van der Waals surface area contributed by atoms with E-state index in [0.29, 0.717) is 31.3 Å².